The number of para-hydroxylation sites is 1. The van der Waals surface area contributed by atoms with Gasteiger partial charge in [0.05, 0.1) is 12.6 Å². The lowest BCUT2D eigenvalue weighted by molar-refractivity contribution is 0.131. The molecule has 0 saturated carbocycles. The number of nitrogens with zero attached hydrogens (tertiary/aromatic N) is 2. The lowest BCUT2D eigenvalue weighted by Gasteiger charge is -2.25. The molecule has 7 nitrogen and oxygen atoms in total. The standard InChI is InChI=1S/C22H31N3O4/c1-28-22(27)25-13-10-16(14-25)6-5-12-24-11-3-2-7-17(15-24)18-8-4-9-19-20(18)29-21(26)23-19/h4,8-9,16-17H,2-3,5-7,10-15H2,1H3,(H,23,26). The van der Waals surface area contributed by atoms with E-state index in [0.29, 0.717) is 11.8 Å². The second-order valence-electron chi connectivity index (χ2n) is 8.44. The van der Waals surface area contributed by atoms with Crippen LogP contribution >= 0.6 is 0 Å². The second-order valence-corrected chi connectivity index (χ2v) is 8.44. The van der Waals surface area contributed by atoms with Gasteiger partial charge in [-0.2, -0.15) is 0 Å². The number of amides is 1. The number of hydrogen-bond donors (Lipinski definition) is 1. The van der Waals surface area contributed by atoms with Crippen molar-refractivity contribution in [2.75, 3.05) is 39.8 Å². The average molecular weight is 402 g/mol. The van der Waals surface area contributed by atoms with E-state index in [1.807, 2.05) is 17.0 Å². The number of methoxy groups -OCH3 is 1. The Bertz CT molecular complexity index is 890. The minimum absolute atomic E-state index is 0.201. The summed E-state index contributed by atoms with van der Waals surface area (Å²) in [5.41, 5.74) is 2.66. The second kappa shape index (κ2) is 9.03. The van der Waals surface area contributed by atoms with E-state index in [-0.39, 0.29) is 11.8 Å². The maximum absolute atomic E-state index is 11.7. The fourth-order valence-electron chi connectivity index (χ4n) is 4.96. The van der Waals surface area contributed by atoms with Gasteiger partial charge < -0.3 is 19.0 Å². The molecule has 1 aromatic carbocycles. The Morgan fingerprint density at radius 2 is 2.14 bits per heavy atom. The molecular weight excluding hydrogens is 370 g/mol. The third-order valence-corrected chi connectivity index (χ3v) is 6.48. The predicted octanol–water partition coefficient (Wildman–Crippen LogP) is 3.56. The zero-order valence-corrected chi connectivity index (χ0v) is 17.2. The van der Waals surface area contributed by atoms with E-state index < -0.39 is 0 Å². The van der Waals surface area contributed by atoms with Crippen molar-refractivity contribution >= 4 is 17.2 Å². The van der Waals surface area contributed by atoms with Crippen molar-refractivity contribution in [3.63, 3.8) is 0 Å². The molecule has 2 aromatic rings. The van der Waals surface area contributed by atoms with Crippen molar-refractivity contribution in [3.8, 4) is 0 Å². The maximum atomic E-state index is 11.7. The van der Waals surface area contributed by atoms with Crippen LogP contribution in [0.5, 0.6) is 0 Å². The number of oxazole rings is 1. The van der Waals surface area contributed by atoms with E-state index in [9.17, 15) is 9.59 Å². The molecule has 0 aliphatic carbocycles. The lowest BCUT2D eigenvalue weighted by Crippen LogP contribution is -2.30. The monoisotopic (exact) mass is 401 g/mol. The van der Waals surface area contributed by atoms with Gasteiger partial charge in [0.25, 0.3) is 0 Å². The summed E-state index contributed by atoms with van der Waals surface area (Å²) < 4.78 is 10.3. The molecule has 2 aliphatic heterocycles. The molecule has 0 radical (unpaired) electrons. The van der Waals surface area contributed by atoms with Crippen molar-refractivity contribution in [1.82, 2.24) is 14.8 Å². The van der Waals surface area contributed by atoms with Crippen LogP contribution in [0.15, 0.2) is 27.4 Å². The van der Waals surface area contributed by atoms with Gasteiger partial charge in [0, 0.05) is 31.1 Å². The number of aromatic nitrogens is 1. The first-order valence-corrected chi connectivity index (χ1v) is 10.8. The molecule has 1 aromatic heterocycles. The zero-order chi connectivity index (χ0) is 20.2. The number of carbonyl (C=O) groups excluding carboxylic acids is 1. The van der Waals surface area contributed by atoms with Gasteiger partial charge >= 0.3 is 11.8 Å². The van der Waals surface area contributed by atoms with Gasteiger partial charge in [0.1, 0.15) is 0 Å². The molecule has 0 bridgehead atoms. The van der Waals surface area contributed by atoms with Crippen LogP contribution in [0.3, 0.4) is 0 Å². The van der Waals surface area contributed by atoms with E-state index in [2.05, 4.69) is 16.0 Å². The van der Waals surface area contributed by atoms with Gasteiger partial charge in [-0.3, -0.25) is 4.98 Å². The molecule has 0 spiro atoms. The van der Waals surface area contributed by atoms with Crippen LogP contribution in [0.2, 0.25) is 0 Å². The van der Waals surface area contributed by atoms with Crippen molar-refractivity contribution in [3.05, 3.63) is 34.3 Å². The number of carbonyl (C=O) groups is 1. The van der Waals surface area contributed by atoms with E-state index in [0.717, 1.165) is 75.1 Å². The predicted molar refractivity (Wildman–Crippen MR) is 111 cm³/mol. The molecule has 29 heavy (non-hydrogen) atoms. The number of ether oxygens (including phenoxy) is 1. The summed E-state index contributed by atoms with van der Waals surface area (Å²) in [5, 5.41) is 0. The first kappa shape index (κ1) is 20.0. The normalized spacial score (nSPS) is 23.4. The van der Waals surface area contributed by atoms with Crippen molar-refractivity contribution in [2.45, 2.75) is 44.4 Å². The molecule has 4 rings (SSSR count). The highest BCUT2D eigenvalue weighted by Gasteiger charge is 2.27. The molecular formula is C22H31N3O4. The first-order valence-electron chi connectivity index (χ1n) is 10.8. The Kier molecular flexibility index (Phi) is 6.23. The van der Waals surface area contributed by atoms with Crippen LogP contribution in [-0.4, -0.2) is 60.7 Å². The molecule has 7 heteroatoms. The van der Waals surface area contributed by atoms with E-state index in [1.54, 1.807) is 0 Å². The summed E-state index contributed by atoms with van der Waals surface area (Å²) in [7, 11) is 1.45. The summed E-state index contributed by atoms with van der Waals surface area (Å²) in [5.74, 6) is 0.594. The van der Waals surface area contributed by atoms with Crippen LogP contribution in [0, 0.1) is 5.92 Å². The Hall–Kier alpha value is -2.28. The molecule has 2 saturated heterocycles. The van der Waals surface area contributed by atoms with Crippen molar-refractivity contribution in [1.29, 1.82) is 0 Å². The smallest absolute Gasteiger partial charge is 0.417 e. The average Bonchev–Trinajstić information content (AvgIpc) is 3.27. The minimum atomic E-state index is -0.379. The number of aromatic amines is 1. The molecule has 2 unspecified atom stereocenters. The summed E-state index contributed by atoms with van der Waals surface area (Å²) in [6.45, 7) is 4.85. The Balaban J connectivity index is 1.33. The third-order valence-electron chi connectivity index (χ3n) is 6.48. The van der Waals surface area contributed by atoms with E-state index in [1.165, 1.54) is 20.0 Å². The Morgan fingerprint density at radius 1 is 1.24 bits per heavy atom. The van der Waals surface area contributed by atoms with E-state index in [4.69, 9.17) is 9.15 Å². The number of hydrogen-bond acceptors (Lipinski definition) is 5. The number of likely N-dealkylation sites (tertiary alicyclic amines) is 2. The highest BCUT2D eigenvalue weighted by atomic mass is 16.5. The van der Waals surface area contributed by atoms with Gasteiger partial charge in [0.2, 0.25) is 0 Å². The number of nitrogens with one attached hydrogen (secondary N) is 1. The number of H-pyrrole nitrogens is 1. The molecule has 158 valence electrons. The third kappa shape index (κ3) is 4.66. The van der Waals surface area contributed by atoms with Crippen LogP contribution in [-0.2, 0) is 4.74 Å². The highest BCUT2D eigenvalue weighted by molar-refractivity contribution is 5.76. The SMILES string of the molecule is COC(=O)N1CCC(CCCN2CCCCC(c3cccc4[nH]c(=O)oc34)C2)C1. The van der Waals surface area contributed by atoms with Crippen LogP contribution in [0.1, 0.15) is 50.0 Å². The minimum Gasteiger partial charge on any atom is -0.453 e. The fourth-order valence-corrected chi connectivity index (χ4v) is 4.96. The maximum Gasteiger partial charge on any atom is 0.417 e. The number of fused-ring (bicyclic) bond motifs is 1. The molecule has 3 heterocycles. The molecule has 1 amide bonds. The Labute approximate surface area is 171 Å². The molecule has 1 N–H and O–H groups in total. The van der Waals surface area contributed by atoms with Gasteiger partial charge in [-0.15, -0.1) is 0 Å². The summed E-state index contributed by atoms with van der Waals surface area (Å²) >= 11 is 0. The number of rotatable bonds is 5. The van der Waals surface area contributed by atoms with Crippen molar-refractivity contribution < 1.29 is 13.9 Å². The van der Waals surface area contributed by atoms with Gasteiger partial charge in [-0.25, -0.2) is 9.59 Å². The van der Waals surface area contributed by atoms with Gasteiger partial charge in [-0.1, -0.05) is 18.6 Å². The van der Waals surface area contributed by atoms with Crippen LogP contribution in [0.4, 0.5) is 4.79 Å². The molecule has 2 aliphatic rings. The largest absolute Gasteiger partial charge is 0.453 e. The summed E-state index contributed by atoms with van der Waals surface area (Å²) in [6.07, 6.45) is 6.71. The lowest BCUT2D eigenvalue weighted by atomic mass is 9.93. The summed E-state index contributed by atoms with van der Waals surface area (Å²) in [4.78, 5) is 30.4. The van der Waals surface area contributed by atoms with Crippen molar-refractivity contribution in [2.24, 2.45) is 5.92 Å². The van der Waals surface area contributed by atoms with E-state index >= 15 is 0 Å². The molecule has 2 atom stereocenters. The first-order chi connectivity index (χ1) is 14.1. The highest BCUT2D eigenvalue weighted by Crippen LogP contribution is 2.31. The van der Waals surface area contributed by atoms with Crippen LogP contribution in [0.25, 0.3) is 11.1 Å². The fraction of sp³-hybridized carbons (Fsp3) is 0.636. The van der Waals surface area contributed by atoms with Gasteiger partial charge in [-0.05, 0) is 57.2 Å². The zero-order valence-electron chi connectivity index (χ0n) is 17.2. The molecule has 2 fully saturated rings. The van der Waals surface area contributed by atoms with Gasteiger partial charge in [0.15, 0.2) is 5.58 Å². The quantitative estimate of drug-likeness (QED) is 0.829. The topological polar surface area (TPSA) is 78.8 Å². The number of benzene rings is 1. The van der Waals surface area contributed by atoms with Crippen LogP contribution < -0.4 is 5.76 Å². The Morgan fingerprint density at radius 3 is 3.00 bits per heavy atom. The summed E-state index contributed by atoms with van der Waals surface area (Å²) in [6, 6.07) is 6.01.